The summed E-state index contributed by atoms with van der Waals surface area (Å²) in [6.07, 6.45) is 0.461. The van der Waals surface area contributed by atoms with Gasteiger partial charge in [-0.25, -0.2) is 0 Å². The van der Waals surface area contributed by atoms with Gasteiger partial charge in [0.25, 0.3) is 0 Å². The Morgan fingerprint density at radius 2 is 1.73 bits per heavy atom. The topological polar surface area (TPSA) is 44.6 Å². The fraction of sp³-hybridized carbons (Fsp3) is 0.625. The number of rotatable bonds is 2. The third-order valence-corrected chi connectivity index (χ3v) is 0.715. The minimum Gasteiger partial charge on any atom is -0.545 e. The monoisotopic (exact) mass is 159 g/mol. The summed E-state index contributed by atoms with van der Waals surface area (Å²) in [4.78, 5) is 11.1. The van der Waals surface area contributed by atoms with Crippen molar-refractivity contribution in [3.63, 3.8) is 0 Å². The molecule has 0 atom stereocenters. The smallest absolute Gasteiger partial charge is 0.0668 e. The van der Waals surface area contributed by atoms with E-state index in [-0.39, 0.29) is 5.57 Å². The van der Waals surface area contributed by atoms with E-state index in [2.05, 4.69) is 27.7 Å². The second-order valence-corrected chi connectivity index (χ2v) is 2.74. The first kappa shape index (κ1) is 12.8. The van der Waals surface area contributed by atoms with Crippen LogP contribution in [0.2, 0.25) is 0 Å². The molecule has 3 heteroatoms. The first-order chi connectivity index (χ1) is 4.91. The van der Waals surface area contributed by atoms with Gasteiger partial charge in [-0.15, -0.1) is 0 Å². The maximum Gasteiger partial charge on any atom is 0.0668 e. The zero-order valence-electron chi connectivity index (χ0n) is 7.73. The first-order valence-corrected chi connectivity index (χ1v) is 3.57. The number of quaternary nitrogens is 1. The average Bonchev–Trinajstić information content (AvgIpc) is 1.85. The van der Waals surface area contributed by atoms with Crippen LogP contribution in [0, 0.1) is 0 Å². The summed E-state index contributed by atoms with van der Waals surface area (Å²) in [5.41, 5.74) is 0.153. The Morgan fingerprint density at radius 3 is 1.73 bits per heavy atom. The Hall–Kier alpha value is -0.830. The van der Waals surface area contributed by atoms with Gasteiger partial charge in [0.1, 0.15) is 0 Å². The molecule has 0 aliphatic rings. The van der Waals surface area contributed by atoms with Crippen molar-refractivity contribution in [2.75, 3.05) is 21.1 Å². The minimum absolute atomic E-state index is 0.153. The molecule has 0 rings (SSSR count). The highest BCUT2D eigenvalue weighted by Crippen LogP contribution is 1.90. The summed E-state index contributed by atoms with van der Waals surface area (Å²) < 4.78 is 0. The van der Waals surface area contributed by atoms with Crippen molar-refractivity contribution < 1.29 is 14.8 Å². The van der Waals surface area contributed by atoms with Gasteiger partial charge in [0.2, 0.25) is 0 Å². The number of carbonyl (C=O) groups excluding carboxylic acids is 1. The lowest BCUT2D eigenvalue weighted by Crippen LogP contribution is -3.02. The summed E-state index contributed by atoms with van der Waals surface area (Å²) in [6.45, 7) is 4.93. The Morgan fingerprint density at radius 1 is 1.45 bits per heavy atom. The van der Waals surface area contributed by atoms with Crippen LogP contribution < -0.4 is 10.0 Å². The molecule has 0 bridgehead atoms. The SMILES string of the molecule is C=C(CC)C(=O)[O-].C[NH+](C)C. The predicted octanol–water partition coefficient (Wildman–Crippen LogP) is -1.54. The molecule has 0 saturated carbocycles. The molecule has 0 saturated heterocycles. The van der Waals surface area contributed by atoms with Gasteiger partial charge in [0.15, 0.2) is 0 Å². The molecule has 0 aromatic carbocycles. The normalized spacial score (nSPS) is 8.45. The lowest BCUT2D eigenvalue weighted by Gasteiger charge is -1.98. The molecule has 0 unspecified atom stereocenters. The largest absolute Gasteiger partial charge is 0.545 e. The number of nitrogens with one attached hydrogen (secondary N) is 1. The van der Waals surface area contributed by atoms with E-state index < -0.39 is 5.97 Å². The fourth-order valence-corrected chi connectivity index (χ4v) is 0.144. The van der Waals surface area contributed by atoms with Crippen molar-refractivity contribution in [3.05, 3.63) is 12.2 Å². The van der Waals surface area contributed by atoms with E-state index in [1.54, 1.807) is 6.92 Å². The maximum absolute atomic E-state index is 9.72. The lowest BCUT2D eigenvalue weighted by atomic mass is 10.2. The summed E-state index contributed by atoms with van der Waals surface area (Å²) >= 11 is 0. The molecule has 0 aliphatic heterocycles. The number of carboxylic acid groups (broad SMARTS) is 1. The quantitative estimate of drug-likeness (QED) is 0.496. The molecule has 0 spiro atoms. The van der Waals surface area contributed by atoms with Crippen molar-refractivity contribution in [2.24, 2.45) is 0 Å². The van der Waals surface area contributed by atoms with Gasteiger partial charge in [0.05, 0.1) is 27.1 Å². The van der Waals surface area contributed by atoms with Crippen LogP contribution in [0.5, 0.6) is 0 Å². The van der Waals surface area contributed by atoms with Crippen molar-refractivity contribution in [2.45, 2.75) is 13.3 Å². The van der Waals surface area contributed by atoms with Crippen LogP contribution in [-0.2, 0) is 4.79 Å². The van der Waals surface area contributed by atoms with Crippen molar-refractivity contribution in [1.82, 2.24) is 0 Å². The van der Waals surface area contributed by atoms with Crippen LogP contribution in [0.1, 0.15) is 13.3 Å². The van der Waals surface area contributed by atoms with E-state index >= 15 is 0 Å². The van der Waals surface area contributed by atoms with Gasteiger partial charge in [-0.05, 0) is 12.0 Å². The highest BCUT2D eigenvalue weighted by Gasteiger charge is 1.84. The highest BCUT2D eigenvalue weighted by molar-refractivity contribution is 5.83. The molecule has 0 amide bonds. The number of carbonyl (C=O) groups is 1. The summed E-state index contributed by atoms with van der Waals surface area (Å²) in [7, 11) is 6.25. The average molecular weight is 159 g/mol. The Labute approximate surface area is 68.3 Å². The molecule has 1 N–H and O–H groups in total. The van der Waals surface area contributed by atoms with Gasteiger partial charge >= 0.3 is 0 Å². The molecule has 0 aliphatic carbocycles. The molecule has 66 valence electrons. The van der Waals surface area contributed by atoms with Crippen LogP contribution >= 0.6 is 0 Å². The lowest BCUT2D eigenvalue weighted by molar-refractivity contribution is -0.836. The number of carboxylic acids is 1. The van der Waals surface area contributed by atoms with E-state index in [0.29, 0.717) is 6.42 Å². The van der Waals surface area contributed by atoms with Crippen molar-refractivity contribution in [3.8, 4) is 0 Å². The zero-order chi connectivity index (χ0) is 9.44. The highest BCUT2D eigenvalue weighted by atomic mass is 16.4. The van der Waals surface area contributed by atoms with Crippen LogP contribution in [-0.4, -0.2) is 27.1 Å². The molecule has 3 nitrogen and oxygen atoms in total. The second-order valence-electron chi connectivity index (χ2n) is 2.74. The van der Waals surface area contributed by atoms with Gasteiger partial charge < -0.3 is 14.8 Å². The molecular weight excluding hydrogens is 142 g/mol. The molecule has 0 radical (unpaired) electrons. The van der Waals surface area contributed by atoms with Gasteiger partial charge in [0, 0.05) is 0 Å². The summed E-state index contributed by atoms with van der Waals surface area (Å²) in [6, 6.07) is 0. The van der Waals surface area contributed by atoms with E-state index in [4.69, 9.17) is 0 Å². The molecule has 0 heterocycles. The standard InChI is InChI=1S/C5H8O2.C3H9N/c1-3-4(2)5(6)7;1-4(2)3/h2-3H2,1H3,(H,6,7);1-3H3. The van der Waals surface area contributed by atoms with E-state index in [1.165, 1.54) is 4.90 Å². The second kappa shape index (κ2) is 7.28. The van der Waals surface area contributed by atoms with E-state index in [1.807, 2.05) is 0 Å². The predicted molar refractivity (Wildman–Crippen MR) is 43.2 cm³/mol. The minimum atomic E-state index is -1.15. The Balaban J connectivity index is 0. The summed E-state index contributed by atoms with van der Waals surface area (Å²) in [5, 5.41) is 9.72. The number of aliphatic carboxylic acids is 1. The fourth-order valence-electron chi connectivity index (χ4n) is 0.144. The van der Waals surface area contributed by atoms with Gasteiger partial charge in [-0.3, -0.25) is 0 Å². The third-order valence-electron chi connectivity index (χ3n) is 0.715. The van der Waals surface area contributed by atoms with Crippen LogP contribution in [0.4, 0.5) is 0 Å². The molecule has 0 aromatic rings. The van der Waals surface area contributed by atoms with Crippen LogP contribution in [0.3, 0.4) is 0 Å². The molecule has 0 fully saturated rings. The van der Waals surface area contributed by atoms with Crippen LogP contribution in [0.25, 0.3) is 0 Å². The van der Waals surface area contributed by atoms with Crippen molar-refractivity contribution in [1.29, 1.82) is 0 Å². The third kappa shape index (κ3) is 17.6. The molecule has 0 aromatic heterocycles. The Bertz CT molecular complexity index is 127. The van der Waals surface area contributed by atoms with Gasteiger partial charge in [-0.2, -0.15) is 0 Å². The molecule has 11 heavy (non-hydrogen) atoms. The Kier molecular flexibility index (Phi) is 8.48. The molecular formula is C8H17NO2. The number of hydrogen-bond acceptors (Lipinski definition) is 2. The zero-order valence-corrected chi connectivity index (χ0v) is 7.73. The maximum atomic E-state index is 9.72. The van der Waals surface area contributed by atoms with E-state index in [0.717, 1.165) is 0 Å². The van der Waals surface area contributed by atoms with E-state index in [9.17, 15) is 9.90 Å². The number of hydrogen-bond donors (Lipinski definition) is 1. The van der Waals surface area contributed by atoms with Crippen molar-refractivity contribution >= 4 is 5.97 Å². The van der Waals surface area contributed by atoms with Gasteiger partial charge in [-0.1, -0.05) is 13.5 Å². The first-order valence-electron chi connectivity index (χ1n) is 3.57. The summed E-state index contributed by atoms with van der Waals surface area (Å²) in [5.74, 6) is -1.15. The van der Waals surface area contributed by atoms with Crippen LogP contribution in [0.15, 0.2) is 12.2 Å².